The smallest absolute Gasteiger partial charge is 0.101 e. The number of ether oxygens (including phenoxy) is 1. The maximum Gasteiger partial charge on any atom is 0.101 e. The number of hydrogen-bond donors (Lipinski definition) is 1. The summed E-state index contributed by atoms with van der Waals surface area (Å²) in [5, 5.41) is 10.2. The first-order valence-electron chi connectivity index (χ1n) is 6.89. The number of rotatable bonds is 4. The number of aryl methyl sites for hydroxylation is 2. The van der Waals surface area contributed by atoms with Gasteiger partial charge in [0.2, 0.25) is 0 Å². The van der Waals surface area contributed by atoms with Gasteiger partial charge in [-0.15, -0.1) is 11.3 Å². The third kappa shape index (κ3) is 2.51. The SMILES string of the molecule is Cc1nn(C)c(C)c1[C@H]1OCC[C@@H]1NCc1cscn1. The first-order valence-corrected chi connectivity index (χ1v) is 7.83. The van der Waals surface area contributed by atoms with Crippen molar-refractivity contribution < 1.29 is 4.74 Å². The molecule has 1 aliphatic rings. The Labute approximate surface area is 123 Å². The summed E-state index contributed by atoms with van der Waals surface area (Å²) >= 11 is 1.63. The highest BCUT2D eigenvalue weighted by molar-refractivity contribution is 7.07. The van der Waals surface area contributed by atoms with Crippen molar-refractivity contribution in [1.82, 2.24) is 20.1 Å². The summed E-state index contributed by atoms with van der Waals surface area (Å²) in [6.07, 6.45) is 1.13. The maximum absolute atomic E-state index is 5.96. The lowest BCUT2D eigenvalue weighted by Gasteiger charge is -2.20. The van der Waals surface area contributed by atoms with Crippen LogP contribution in [0.3, 0.4) is 0 Å². The van der Waals surface area contributed by atoms with Crippen molar-refractivity contribution in [3.63, 3.8) is 0 Å². The van der Waals surface area contributed by atoms with Crippen molar-refractivity contribution in [1.29, 1.82) is 0 Å². The highest BCUT2D eigenvalue weighted by atomic mass is 32.1. The molecule has 3 rings (SSSR count). The molecule has 0 saturated carbocycles. The lowest BCUT2D eigenvalue weighted by atomic mass is 10.0. The van der Waals surface area contributed by atoms with E-state index < -0.39 is 0 Å². The van der Waals surface area contributed by atoms with Crippen LogP contribution in [0.2, 0.25) is 0 Å². The molecule has 2 aromatic rings. The summed E-state index contributed by atoms with van der Waals surface area (Å²) < 4.78 is 7.90. The van der Waals surface area contributed by atoms with Crippen LogP contribution in [0.1, 0.15) is 35.2 Å². The Morgan fingerprint density at radius 3 is 3.00 bits per heavy atom. The molecular weight excluding hydrogens is 272 g/mol. The molecule has 1 saturated heterocycles. The summed E-state index contributed by atoms with van der Waals surface area (Å²) in [5.41, 5.74) is 6.46. The van der Waals surface area contributed by atoms with Crippen molar-refractivity contribution >= 4 is 11.3 Å². The van der Waals surface area contributed by atoms with E-state index in [4.69, 9.17) is 4.74 Å². The summed E-state index contributed by atoms with van der Waals surface area (Å²) in [5.74, 6) is 0. The molecule has 0 aliphatic carbocycles. The fraction of sp³-hybridized carbons (Fsp3) is 0.571. The first-order chi connectivity index (χ1) is 9.66. The second kappa shape index (κ2) is 5.63. The van der Waals surface area contributed by atoms with Crippen LogP contribution in [0.5, 0.6) is 0 Å². The van der Waals surface area contributed by atoms with Crippen molar-refractivity contribution in [2.75, 3.05) is 6.61 Å². The molecule has 2 aromatic heterocycles. The predicted octanol–water partition coefficient (Wildman–Crippen LogP) is 2.11. The van der Waals surface area contributed by atoms with Gasteiger partial charge in [0.25, 0.3) is 0 Å². The Morgan fingerprint density at radius 1 is 1.50 bits per heavy atom. The minimum atomic E-state index is 0.0994. The van der Waals surface area contributed by atoms with Crippen LogP contribution in [-0.4, -0.2) is 27.4 Å². The maximum atomic E-state index is 5.96. The number of nitrogens with one attached hydrogen (secondary N) is 1. The van der Waals surface area contributed by atoms with E-state index in [1.165, 1.54) is 11.3 Å². The minimum Gasteiger partial charge on any atom is -0.372 e. The topological polar surface area (TPSA) is 52.0 Å². The normalized spacial score (nSPS) is 22.6. The molecular formula is C14H20N4OS. The quantitative estimate of drug-likeness (QED) is 0.938. The monoisotopic (exact) mass is 292 g/mol. The number of hydrogen-bond acceptors (Lipinski definition) is 5. The van der Waals surface area contributed by atoms with Gasteiger partial charge in [-0.25, -0.2) is 4.98 Å². The fourth-order valence-electron chi connectivity index (χ4n) is 2.85. The molecule has 3 heterocycles. The Hall–Kier alpha value is -1.24. The van der Waals surface area contributed by atoms with Gasteiger partial charge in [0.15, 0.2) is 0 Å². The zero-order chi connectivity index (χ0) is 14.1. The zero-order valence-corrected chi connectivity index (χ0v) is 12.9. The lowest BCUT2D eigenvalue weighted by Crippen LogP contribution is -2.31. The van der Waals surface area contributed by atoms with E-state index in [1.807, 2.05) is 17.2 Å². The average molecular weight is 292 g/mol. The Bertz CT molecular complexity index is 578. The second-order valence-electron chi connectivity index (χ2n) is 5.26. The first kappa shape index (κ1) is 13.7. The zero-order valence-electron chi connectivity index (χ0n) is 12.1. The van der Waals surface area contributed by atoms with Gasteiger partial charge in [-0.3, -0.25) is 4.68 Å². The highest BCUT2D eigenvalue weighted by Crippen LogP contribution is 2.33. The fourth-order valence-corrected chi connectivity index (χ4v) is 3.40. The van der Waals surface area contributed by atoms with Gasteiger partial charge < -0.3 is 10.1 Å². The van der Waals surface area contributed by atoms with Gasteiger partial charge in [0.05, 0.1) is 16.9 Å². The van der Waals surface area contributed by atoms with Gasteiger partial charge in [0, 0.05) is 42.9 Å². The summed E-state index contributed by atoms with van der Waals surface area (Å²) in [6, 6.07) is 0.332. The Morgan fingerprint density at radius 2 is 2.35 bits per heavy atom. The van der Waals surface area contributed by atoms with Crippen molar-refractivity contribution in [3.8, 4) is 0 Å². The van der Waals surface area contributed by atoms with E-state index in [1.54, 1.807) is 11.3 Å². The molecule has 1 fully saturated rings. The van der Waals surface area contributed by atoms with E-state index in [2.05, 4.69) is 34.6 Å². The molecule has 6 heteroatoms. The van der Waals surface area contributed by atoms with Crippen LogP contribution in [0, 0.1) is 13.8 Å². The standard InChI is InChI=1S/C14H20N4OS/c1-9-13(10(2)18(3)17-9)14-12(4-5-19-14)15-6-11-7-20-8-16-11/h7-8,12,14-15H,4-6H2,1-3H3/t12-,14-/m0/s1. The third-order valence-corrected chi connectivity index (χ3v) is 4.61. The van der Waals surface area contributed by atoms with E-state index in [0.717, 1.165) is 31.0 Å². The van der Waals surface area contributed by atoms with E-state index in [9.17, 15) is 0 Å². The molecule has 0 spiro atoms. The van der Waals surface area contributed by atoms with Crippen LogP contribution < -0.4 is 5.32 Å². The van der Waals surface area contributed by atoms with Crippen LogP contribution >= 0.6 is 11.3 Å². The minimum absolute atomic E-state index is 0.0994. The van der Waals surface area contributed by atoms with E-state index >= 15 is 0 Å². The summed E-state index contributed by atoms with van der Waals surface area (Å²) in [7, 11) is 1.98. The van der Waals surface area contributed by atoms with Gasteiger partial charge in [0.1, 0.15) is 6.10 Å². The largest absolute Gasteiger partial charge is 0.372 e. The van der Waals surface area contributed by atoms with E-state index in [0.29, 0.717) is 6.04 Å². The highest BCUT2D eigenvalue weighted by Gasteiger charge is 2.33. The molecule has 0 bridgehead atoms. The van der Waals surface area contributed by atoms with Gasteiger partial charge in [-0.05, 0) is 20.3 Å². The molecule has 108 valence electrons. The molecule has 0 unspecified atom stereocenters. The molecule has 1 N–H and O–H groups in total. The van der Waals surface area contributed by atoms with Crippen LogP contribution in [0.25, 0.3) is 0 Å². The predicted molar refractivity (Wildman–Crippen MR) is 78.7 cm³/mol. The molecule has 0 amide bonds. The van der Waals surface area contributed by atoms with E-state index in [-0.39, 0.29) is 6.10 Å². The number of aromatic nitrogens is 3. The lowest BCUT2D eigenvalue weighted by molar-refractivity contribution is 0.0973. The average Bonchev–Trinajstić information content (AvgIpc) is 3.10. The Balaban J connectivity index is 1.75. The third-order valence-electron chi connectivity index (χ3n) is 3.97. The molecule has 5 nitrogen and oxygen atoms in total. The van der Waals surface area contributed by atoms with Gasteiger partial charge in [-0.1, -0.05) is 0 Å². The van der Waals surface area contributed by atoms with Crippen LogP contribution in [-0.2, 0) is 18.3 Å². The molecule has 2 atom stereocenters. The van der Waals surface area contributed by atoms with Crippen molar-refractivity contribution in [2.24, 2.45) is 7.05 Å². The molecule has 0 aromatic carbocycles. The summed E-state index contributed by atoms with van der Waals surface area (Å²) in [6.45, 7) is 5.76. The van der Waals surface area contributed by atoms with Crippen molar-refractivity contribution in [3.05, 3.63) is 33.5 Å². The summed E-state index contributed by atoms with van der Waals surface area (Å²) in [4.78, 5) is 4.31. The van der Waals surface area contributed by atoms with Gasteiger partial charge >= 0.3 is 0 Å². The van der Waals surface area contributed by atoms with Gasteiger partial charge in [-0.2, -0.15) is 5.10 Å². The number of nitrogens with zero attached hydrogens (tertiary/aromatic N) is 3. The number of thiazole rings is 1. The van der Waals surface area contributed by atoms with Crippen LogP contribution in [0.4, 0.5) is 0 Å². The Kier molecular flexibility index (Phi) is 3.87. The second-order valence-corrected chi connectivity index (χ2v) is 5.97. The molecule has 1 aliphatic heterocycles. The molecule has 20 heavy (non-hydrogen) atoms. The van der Waals surface area contributed by atoms with Crippen molar-refractivity contribution in [2.45, 2.75) is 39.0 Å². The van der Waals surface area contributed by atoms with Crippen LogP contribution in [0.15, 0.2) is 10.9 Å². The molecule has 0 radical (unpaired) electrons.